The van der Waals surface area contributed by atoms with Crippen LogP contribution >= 0.6 is 15.9 Å². The zero-order valence-electron chi connectivity index (χ0n) is 26.0. The molecule has 0 aliphatic heterocycles. The Hall–Kier alpha value is -2.87. The van der Waals surface area contributed by atoms with E-state index in [2.05, 4.69) is 50.6 Å². The maximum atomic E-state index is 12.5. The molecule has 0 saturated heterocycles. The highest BCUT2D eigenvalue weighted by Crippen LogP contribution is 2.52. The number of benzene rings is 2. The van der Waals surface area contributed by atoms with Gasteiger partial charge in [0.25, 0.3) is 0 Å². The third-order valence-electron chi connectivity index (χ3n) is 9.48. The van der Waals surface area contributed by atoms with Gasteiger partial charge in [-0.05, 0) is 100 Å². The third-order valence-corrected chi connectivity index (χ3v) is 9.97. The first kappa shape index (κ1) is 31.6. The lowest BCUT2D eigenvalue weighted by atomic mass is 9.59. The van der Waals surface area contributed by atoms with Crippen LogP contribution in [0, 0.1) is 18.3 Å². The Morgan fingerprint density at radius 1 is 1.02 bits per heavy atom. The number of carbonyl (C=O) groups is 1. The van der Waals surface area contributed by atoms with Crippen molar-refractivity contribution in [2.45, 2.75) is 96.9 Å². The minimum absolute atomic E-state index is 0.0597. The van der Waals surface area contributed by atoms with Crippen LogP contribution in [0.3, 0.4) is 0 Å². The van der Waals surface area contributed by atoms with Crippen LogP contribution in [0.15, 0.2) is 40.9 Å². The van der Waals surface area contributed by atoms with Gasteiger partial charge in [-0.25, -0.2) is 9.97 Å². The molecule has 3 aromatic rings. The smallest absolute Gasteiger partial charge is 0.220 e. The number of nitrogens with zero attached hydrogens (tertiary/aromatic N) is 2. The molecule has 2 aromatic carbocycles. The Labute approximate surface area is 265 Å². The summed E-state index contributed by atoms with van der Waals surface area (Å²) in [4.78, 5) is 21.9. The first-order chi connectivity index (χ1) is 20.8. The van der Waals surface area contributed by atoms with Crippen molar-refractivity contribution in [3.05, 3.63) is 52.3 Å². The minimum atomic E-state index is 0.0597. The van der Waals surface area contributed by atoms with Crippen molar-refractivity contribution >= 4 is 38.6 Å². The number of rotatable bonds is 15. The van der Waals surface area contributed by atoms with Crippen molar-refractivity contribution in [3.63, 3.8) is 0 Å². The predicted molar refractivity (Wildman–Crippen MR) is 177 cm³/mol. The molecule has 7 nitrogen and oxygen atoms in total. The van der Waals surface area contributed by atoms with Crippen LogP contribution < -0.4 is 20.1 Å². The Bertz CT molecular complexity index is 1380. The van der Waals surface area contributed by atoms with E-state index in [1.54, 1.807) is 7.11 Å². The number of aryl methyl sites for hydroxylation is 1. The van der Waals surface area contributed by atoms with E-state index >= 15 is 0 Å². The summed E-state index contributed by atoms with van der Waals surface area (Å²) in [6, 6.07) is 12.3. The molecule has 2 N–H and O–H groups in total. The van der Waals surface area contributed by atoms with Crippen LogP contribution in [0.5, 0.6) is 11.5 Å². The number of unbranched alkanes of at least 4 members (excludes halogenated alkanes) is 4. The van der Waals surface area contributed by atoms with Gasteiger partial charge in [0.15, 0.2) is 11.5 Å². The Morgan fingerprint density at radius 3 is 2.51 bits per heavy atom. The molecule has 3 saturated carbocycles. The maximum absolute atomic E-state index is 12.5. The van der Waals surface area contributed by atoms with Crippen molar-refractivity contribution in [1.29, 1.82) is 0 Å². The number of fused-ring (bicyclic) bond motifs is 4. The summed E-state index contributed by atoms with van der Waals surface area (Å²) < 4.78 is 12.9. The van der Waals surface area contributed by atoms with Crippen molar-refractivity contribution in [1.82, 2.24) is 15.3 Å². The quantitative estimate of drug-likeness (QED) is 0.160. The Balaban J connectivity index is 1.05. The summed E-state index contributed by atoms with van der Waals surface area (Å²) >= 11 is 3.56. The van der Waals surface area contributed by atoms with Crippen LogP contribution in [-0.4, -0.2) is 36.1 Å². The van der Waals surface area contributed by atoms with E-state index < -0.39 is 0 Å². The van der Waals surface area contributed by atoms with Crippen LogP contribution in [0.25, 0.3) is 10.9 Å². The van der Waals surface area contributed by atoms with Crippen LogP contribution in [0.1, 0.15) is 101 Å². The largest absolute Gasteiger partial charge is 0.493 e. The van der Waals surface area contributed by atoms with Gasteiger partial charge in [0.2, 0.25) is 5.91 Å². The van der Waals surface area contributed by atoms with E-state index in [4.69, 9.17) is 14.5 Å². The lowest BCUT2D eigenvalue weighted by molar-refractivity contribution is -0.125. The number of nitrogens with one attached hydrogen (secondary N) is 2. The molecule has 1 atom stereocenters. The molecule has 3 fully saturated rings. The normalized spacial score (nSPS) is 20.1. The van der Waals surface area contributed by atoms with Crippen molar-refractivity contribution in [3.8, 4) is 11.5 Å². The fourth-order valence-corrected chi connectivity index (χ4v) is 7.29. The molecule has 0 unspecified atom stereocenters. The first-order valence-corrected chi connectivity index (χ1v) is 16.9. The highest BCUT2D eigenvalue weighted by atomic mass is 79.9. The fourth-order valence-electron chi connectivity index (χ4n) is 6.87. The second kappa shape index (κ2) is 14.7. The molecule has 1 aromatic heterocycles. The summed E-state index contributed by atoms with van der Waals surface area (Å²) in [7, 11) is 1.67. The minimum Gasteiger partial charge on any atom is -0.493 e. The lowest BCUT2D eigenvalue weighted by Gasteiger charge is -2.46. The summed E-state index contributed by atoms with van der Waals surface area (Å²) in [5, 5.41) is 7.65. The number of hydrogen-bond donors (Lipinski definition) is 2. The number of halogens is 1. The van der Waals surface area contributed by atoms with Crippen LogP contribution in [0.4, 0.5) is 5.82 Å². The topological polar surface area (TPSA) is 85.4 Å². The second-order valence-electron chi connectivity index (χ2n) is 12.7. The Morgan fingerprint density at radius 2 is 1.77 bits per heavy atom. The summed E-state index contributed by atoms with van der Waals surface area (Å²) in [6.45, 7) is 5.44. The van der Waals surface area contributed by atoms with Crippen molar-refractivity contribution in [2.75, 3.05) is 25.6 Å². The molecule has 8 heteroatoms. The molecule has 1 heterocycles. The van der Waals surface area contributed by atoms with Crippen molar-refractivity contribution < 1.29 is 14.3 Å². The number of anilines is 1. The number of amides is 1. The number of methoxy groups -OCH3 is 1. The van der Waals surface area contributed by atoms with E-state index in [1.807, 2.05) is 31.2 Å². The van der Waals surface area contributed by atoms with E-state index in [0.29, 0.717) is 29.3 Å². The highest BCUT2D eigenvalue weighted by Gasteiger charge is 2.41. The van der Waals surface area contributed by atoms with E-state index in [1.165, 1.54) is 38.5 Å². The van der Waals surface area contributed by atoms with Crippen LogP contribution in [-0.2, 0) is 4.79 Å². The van der Waals surface area contributed by atoms with Gasteiger partial charge in [-0.2, -0.15) is 0 Å². The van der Waals surface area contributed by atoms with Gasteiger partial charge in [-0.3, -0.25) is 4.79 Å². The number of carbonyl (C=O) groups excluding carboxylic acids is 1. The zero-order valence-corrected chi connectivity index (χ0v) is 27.6. The average Bonchev–Trinajstić information content (AvgIpc) is 3.00. The predicted octanol–water partition coefficient (Wildman–Crippen LogP) is 8.69. The highest BCUT2D eigenvalue weighted by molar-refractivity contribution is 9.10. The van der Waals surface area contributed by atoms with Gasteiger partial charge >= 0.3 is 0 Å². The van der Waals surface area contributed by atoms with E-state index in [0.717, 1.165) is 77.7 Å². The molecule has 0 spiro atoms. The summed E-state index contributed by atoms with van der Waals surface area (Å²) in [5.41, 5.74) is 2.30. The zero-order chi connectivity index (χ0) is 30.2. The fraction of sp³-hybridized carbons (Fsp3) is 0.571. The number of ether oxygens (including phenoxy) is 2. The molecule has 1 amide bonds. The summed E-state index contributed by atoms with van der Waals surface area (Å²) in [5.74, 6) is 4.06. The molecule has 0 radical (unpaired) electrons. The number of aromatic nitrogens is 2. The summed E-state index contributed by atoms with van der Waals surface area (Å²) in [6.07, 6.45) is 13.9. The molecule has 43 heavy (non-hydrogen) atoms. The molecular weight excluding hydrogens is 604 g/mol. The van der Waals surface area contributed by atoms with Gasteiger partial charge in [-0.1, -0.05) is 47.3 Å². The van der Waals surface area contributed by atoms with Gasteiger partial charge < -0.3 is 20.1 Å². The average molecular weight is 652 g/mol. The monoisotopic (exact) mass is 650 g/mol. The maximum Gasteiger partial charge on any atom is 0.220 e. The second-order valence-corrected chi connectivity index (χ2v) is 13.6. The molecule has 6 rings (SSSR count). The lowest BCUT2D eigenvalue weighted by Crippen LogP contribution is -2.39. The van der Waals surface area contributed by atoms with E-state index in [-0.39, 0.29) is 11.9 Å². The van der Waals surface area contributed by atoms with Gasteiger partial charge in [0.1, 0.15) is 11.6 Å². The van der Waals surface area contributed by atoms with Gasteiger partial charge in [0, 0.05) is 28.9 Å². The van der Waals surface area contributed by atoms with E-state index in [9.17, 15) is 4.79 Å². The molecule has 2 bridgehead atoms. The van der Waals surface area contributed by atoms with Crippen LogP contribution in [0.2, 0.25) is 0 Å². The number of hydrogen-bond acceptors (Lipinski definition) is 6. The standard InChI is InChI=1S/C35H47BrN4O3/c1-24(27-10-9-11-28(36)20-27)38-34-29-21-31(42-3)32(22-30(29)39-25(2)40-34)43-19-8-6-4-5-7-18-37-33(41)23-35-15-12-26(13-16-35)14-17-35/h9-11,20-22,24,26H,4-8,12-19,23H2,1-3H3,(H,37,41)(H,38,39,40)/t24-,26?,35?/m1/s1. The molecule has 3 aliphatic rings. The van der Waals surface area contributed by atoms with Crippen molar-refractivity contribution in [2.24, 2.45) is 11.3 Å². The van der Waals surface area contributed by atoms with Gasteiger partial charge in [-0.15, -0.1) is 0 Å². The Kier molecular flexibility index (Phi) is 10.8. The molecule has 232 valence electrons. The van der Waals surface area contributed by atoms with Gasteiger partial charge in [0.05, 0.1) is 25.3 Å². The first-order valence-electron chi connectivity index (χ1n) is 16.1. The molecule has 3 aliphatic carbocycles. The SMILES string of the molecule is COc1cc2c(N[C@H](C)c3cccc(Br)c3)nc(C)nc2cc1OCCCCCCCNC(=O)CC12CCC(CC1)CC2. The third kappa shape index (κ3) is 8.40. The molecular formula is C35H47BrN4O3.